The molecule has 0 unspecified atom stereocenters. The van der Waals surface area contributed by atoms with Gasteiger partial charge in [0, 0.05) is 10.00 Å². The van der Waals surface area contributed by atoms with Crippen molar-refractivity contribution >= 4 is 21.6 Å². The molecule has 3 nitrogen and oxygen atoms in total. The van der Waals surface area contributed by atoms with Gasteiger partial charge in [0.1, 0.15) is 0 Å². The summed E-state index contributed by atoms with van der Waals surface area (Å²) in [6.45, 7) is 6.07. The fraction of sp³-hybridized carbons (Fsp3) is 1.00. The van der Waals surface area contributed by atoms with Crippen LogP contribution in [0.4, 0.5) is 0 Å². The van der Waals surface area contributed by atoms with Crippen molar-refractivity contribution in [1.29, 1.82) is 0 Å². The van der Waals surface area contributed by atoms with E-state index < -0.39 is 15.9 Å². The van der Waals surface area contributed by atoms with Gasteiger partial charge in [-0.2, -0.15) is 0 Å². The highest BCUT2D eigenvalue weighted by Gasteiger charge is 2.38. The predicted octanol–water partition coefficient (Wildman–Crippen LogP) is 0.676. The highest BCUT2D eigenvalue weighted by molar-refractivity contribution is 8.03. The first kappa shape index (κ1) is 11.3. The van der Waals surface area contributed by atoms with E-state index in [0.29, 0.717) is 0 Å². The van der Waals surface area contributed by atoms with Crippen LogP contribution in [-0.4, -0.2) is 41.1 Å². The molecule has 0 aromatic rings. The van der Waals surface area contributed by atoms with E-state index in [9.17, 15) is 13.5 Å². The van der Waals surface area contributed by atoms with Crippen molar-refractivity contribution in [1.82, 2.24) is 0 Å². The highest BCUT2D eigenvalue weighted by Crippen LogP contribution is 2.34. The zero-order chi connectivity index (χ0) is 10.3. The fourth-order valence-electron chi connectivity index (χ4n) is 1.36. The van der Waals surface area contributed by atoms with E-state index in [1.54, 1.807) is 11.8 Å². The maximum atomic E-state index is 11.2. The van der Waals surface area contributed by atoms with Gasteiger partial charge in [0.05, 0.1) is 17.6 Å². The first-order valence-corrected chi connectivity index (χ1v) is 6.96. The molecule has 5 heteroatoms. The Hall–Kier alpha value is 0.260. The van der Waals surface area contributed by atoms with Crippen molar-refractivity contribution in [3.8, 4) is 0 Å². The molecule has 1 saturated heterocycles. The van der Waals surface area contributed by atoms with Crippen molar-refractivity contribution in [2.75, 3.05) is 11.5 Å². The number of rotatable bonds is 1. The van der Waals surface area contributed by atoms with Crippen LogP contribution in [0.15, 0.2) is 0 Å². The summed E-state index contributed by atoms with van der Waals surface area (Å²) in [6, 6.07) is 0. The van der Waals surface area contributed by atoms with Crippen LogP contribution < -0.4 is 0 Å². The van der Waals surface area contributed by atoms with Crippen LogP contribution in [0.25, 0.3) is 0 Å². The molecule has 1 aliphatic heterocycles. The third kappa shape index (κ3) is 3.48. The van der Waals surface area contributed by atoms with Gasteiger partial charge < -0.3 is 5.11 Å². The molecular weight excluding hydrogens is 208 g/mol. The third-order valence-electron chi connectivity index (χ3n) is 1.78. The Morgan fingerprint density at radius 3 is 2.15 bits per heavy atom. The molecule has 2 atom stereocenters. The molecule has 0 amide bonds. The lowest BCUT2D eigenvalue weighted by atomic mass is 10.3. The van der Waals surface area contributed by atoms with Gasteiger partial charge in [-0.1, -0.05) is 20.8 Å². The van der Waals surface area contributed by atoms with Crippen LogP contribution in [0.2, 0.25) is 0 Å². The van der Waals surface area contributed by atoms with Gasteiger partial charge in [0.25, 0.3) is 0 Å². The summed E-state index contributed by atoms with van der Waals surface area (Å²) in [6.07, 6.45) is -0.686. The van der Waals surface area contributed by atoms with Gasteiger partial charge in [-0.05, 0) is 0 Å². The molecule has 13 heavy (non-hydrogen) atoms. The molecule has 1 heterocycles. The van der Waals surface area contributed by atoms with Crippen LogP contribution in [0, 0.1) is 0 Å². The zero-order valence-corrected chi connectivity index (χ0v) is 9.78. The highest BCUT2D eigenvalue weighted by atomic mass is 32.2. The summed E-state index contributed by atoms with van der Waals surface area (Å²) < 4.78 is 22.3. The van der Waals surface area contributed by atoms with E-state index in [-0.39, 0.29) is 21.5 Å². The van der Waals surface area contributed by atoms with E-state index >= 15 is 0 Å². The molecule has 0 bridgehead atoms. The Morgan fingerprint density at radius 2 is 1.85 bits per heavy atom. The molecule has 1 N–H and O–H groups in total. The molecule has 0 aromatic carbocycles. The average Bonchev–Trinajstić information content (AvgIpc) is 2.00. The number of sulfone groups is 1. The number of hydrogen-bond acceptors (Lipinski definition) is 4. The van der Waals surface area contributed by atoms with Crippen molar-refractivity contribution in [2.24, 2.45) is 0 Å². The molecular formula is C8H16O3S2. The maximum Gasteiger partial charge on any atom is 0.154 e. The summed E-state index contributed by atoms with van der Waals surface area (Å²) in [4.78, 5) is 0. The standard InChI is InChI=1S/C8H16O3S2/c1-8(2,3)12-7-5-13(10,11)4-6(7)9/h6-7,9H,4-5H2,1-3H3/t6-,7-/m1/s1. The van der Waals surface area contributed by atoms with E-state index in [0.717, 1.165) is 0 Å². The number of hydrogen-bond donors (Lipinski definition) is 1. The molecule has 1 aliphatic rings. The van der Waals surface area contributed by atoms with Crippen molar-refractivity contribution in [3.63, 3.8) is 0 Å². The van der Waals surface area contributed by atoms with Crippen molar-refractivity contribution in [3.05, 3.63) is 0 Å². The van der Waals surface area contributed by atoms with Gasteiger partial charge in [0.15, 0.2) is 9.84 Å². The van der Waals surface area contributed by atoms with Gasteiger partial charge >= 0.3 is 0 Å². The largest absolute Gasteiger partial charge is 0.391 e. The Kier molecular flexibility index (Phi) is 3.00. The van der Waals surface area contributed by atoms with Gasteiger partial charge in [-0.15, -0.1) is 11.8 Å². The van der Waals surface area contributed by atoms with Crippen LogP contribution >= 0.6 is 11.8 Å². The van der Waals surface area contributed by atoms with Crippen LogP contribution in [0.1, 0.15) is 20.8 Å². The van der Waals surface area contributed by atoms with Gasteiger partial charge in [-0.3, -0.25) is 0 Å². The number of aliphatic hydroxyl groups excluding tert-OH is 1. The Labute approximate surface area is 83.8 Å². The fourth-order valence-corrected chi connectivity index (χ4v) is 5.15. The SMILES string of the molecule is CC(C)(C)S[C@@H]1CS(=O)(=O)C[C@H]1O. The van der Waals surface area contributed by atoms with E-state index in [4.69, 9.17) is 0 Å². The Morgan fingerprint density at radius 1 is 1.31 bits per heavy atom. The van der Waals surface area contributed by atoms with Gasteiger partial charge in [0.2, 0.25) is 0 Å². The number of thioether (sulfide) groups is 1. The summed E-state index contributed by atoms with van der Waals surface area (Å²) in [5.74, 6) is 0.0524. The minimum atomic E-state index is -2.99. The first-order valence-electron chi connectivity index (χ1n) is 4.26. The minimum absolute atomic E-state index is 0.00546. The summed E-state index contributed by atoms with van der Waals surface area (Å²) in [5, 5.41) is 9.34. The van der Waals surface area contributed by atoms with Crippen LogP contribution in [0.3, 0.4) is 0 Å². The van der Waals surface area contributed by atoms with E-state index in [1.165, 1.54) is 0 Å². The molecule has 0 radical (unpaired) electrons. The lowest BCUT2D eigenvalue weighted by molar-refractivity contribution is 0.207. The van der Waals surface area contributed by atoms with Crippen LogP contribution in [-0.2, 0) is 9.84 Å². The molecule has 0 aromatic heterocycles. The summed E-state index contributed by atoms with van der Waals surface area (Å²) in [7, 11) is -2.99. The zero-order valence-electron chi connectivity index (χ0n) is 8.15. The van der Waals surface area contributed by atoms with Crippen LogP contribution in [0.5, 0.6) is 0 Å². The maximum absolute atomic E-state index is 11.2. The van der Waals surface area contributed by atoms with Gasteiger partial charge in [-0.25, -0.2) is 8.42 Å². The normalized spacial score (nSPS) is 33.5. The minimum Gasteiger partial charge on any atom is -0.391 e. The smallest absolute Gasteiger partial charge is 0.154 e. The summed E-state index contributed by atoms with van der Waals surface area (Å²) in [5.41, 5.74) is 0. The first-order chi connectivity index (χ1) is 5.70. The van der Waals surface area contributed by atoms with E-state index in [1.807, 2.05) is 20.8 Å². The molecule has 0 saturated carbocycles. The quantitative estimate of drug-likeness (QED) is 0.711. The molecule has 1 rings (SSSR count). The van der Waals surface area contributed by atoms with Crippen molar-refractivity contribution < 1.29 is 13.5 Å². The second-order valence-corrected chi connectivity index (χ2v) is 8.63. The predicted molar refractivity (Wildman–Crippen MR) is 55.8 cm³/mol. The lowest BCUT2D eigenvalue weighted by Gasteiger charge is -2.23. The lowest BCUT2D eigenvalue weighted by Crippen LogP contribution is -2.25. The number of aliphatic hydroxyl groups is 1. The topological polar surface area (TPSA) is 54.4 Å². The van der Waals surface area contributed by atoms with Crippen molar-refractivity contribution in [2.45, 2.75) is 36.9 Å². The summed E-state index contributed by atoms with van der Waals surface area (Å²) >= 11 is 1.55. The molecule has 78 valence electrons. The molecule has 0 aliphatic carbocycles. The molecule has 1 fully saturated rings. The monoisotopic (exact) mass is 224 g/mol. The third-order valence-corrected chi connectivity index (χ3v) is 5.20. The molecule has 0 spiro atoms. The second-order valence-electron chi connectivity index (χ2n) is 4.41. The Bertz CT molecular complexity index is 276. The average molecular weight is 224 g/mol. The second kappa shape index (κ2) is 3.44. The Balaban J connectivity index is 2.64. The van der Waals surface area contributed by atoms with E-state index in [2.05, 4.69) is 0 Å².